The molecule has 0 aliphatic heterocycles. The second-order valence-electron chi connectivity index (χ2n) is 4.57. The van der Waals surface area contributed by atoms with Crippen molar-refractivity contribution in [1.29, 1.82) is 0 Å². The van der Waals surface area contributed by atoms with Crippen molar-refractivity contribution >= 4 is 17.0 Å². The minimum atomic E-state index is -1.11. The molecule has 2 aromatic heterocycles. The van der Waals surface area contributed by atoms with E-state index in [-0.39, 0.29) is 11.0 Å². The summed E-state index contributed by atoms with van der Waals surface area (Å²) >= 11 is 0. The molecule has 0 spiro atoms. The molecule has 0 atom stereocenters. The van der Waals surface area contributed by atoms with Crippen LogP contribution in [0.1, 0.15) is 0 Å². The Bertz CT molecular complexity index is 853. The smallest absolute Gasteiger partial charge is 0.323 e. The van der Waals surface area contributed by atoms with Gasteiger partial charge < -0.3 is 9.67 Å². The second kappa shape index (κ2) is 4.65. The number of benzene rings is 1. The Labute approximate surface area is 117 Å². The fourth-order valence-electron chi connectivity index (χ4n) is 2.17. The molecule has 21 heavy (non-hydrogen) atoms. The Morgan fingerprint density at radius 1 is 1.33 bits per heavy atom. The van der Waals surface area contributed by atoms with Crippen LogP contribution in [0.5, 0.6) is 0 Å². The molecule has 0 radical (unpaired) electrons. The number of carbonyl (C=O) groups is 1. The predicted molar refractivity (Wildman–Crippen MR) is 69.5 cm³/mol. The van der Waals surface area contributed by atoms with Crippen molar-refractivity contribution < 1.29 is 18.7 Å². The van der Waals surface area contributed by atoms with Crippen molar-refractivity contribution in [2.45, 2.75) is 6.54 Å². The van der Waals surface area contributed by atoms with E-state index in [2.05, 4.69) is 10.1 Å². The molecule has 0 unspecified atom stereocenters. The van der Waals surface area contributed by atoms with Gasteiger partial charge in [-0.25, -0.2) is 13.8 Å². The van der Waals surface area contributed by atoms with Crippen LogP contribution in [0.25, 0.3) is 22.4 Å². The first-order valence-electron chi connectivity index (χ1n) is 6.02. The van der Waals surface area contributed by atoms with Crippen molar-refractivity contribution in [1.82, 2.24) is 19.3 Å². The molecule has 0 saturated heterocycles. The van der Waals surface area contributed by atoms with Crippen molar-refractivity contribution in [2.75, 3.05) is 0 Å². The normalized spacial score (nSPS) is 11.2. The van der Waals surface area contributed by atoms with E-state index >= 15 is 0 Å². The monoisotopic (exact) mass is 292 g/mol. The number of halogens is 2. The van der Waals surface area contributed by atoms with Crippen LogP contribution in [0, 0.1) is 11.6 Å². The maximum Gasteiger partial charge on any atom is 0.323 e. The summed E-state index contributed by atoms with van der Waals surface area (Å²) in [4.78, 5) is 15.2. The molecule has 3 rings (SSSR count). The number of aliphatic carboxylic acids is 1. The molecule has 1 N–H and O–H groups in total. The molecule has 6 nitrogen and oxygen atoms in total. The summed E-state index contributed by atoms with van der Waals surface area (Å²) in [6.07, 6.45) is 3.15. The third kappa shape index (κ3) is 2.24. The van der Waals surface area contributed by atoms with Crippen LogP contribution in [0.15, 0.2) is 24.5 Å². The number of aryl methyl sites for hydroxylation is 1. The number of rotatable bonds is 3. The van der Waals surface area contributed by atoms with Gasteiger partial charge in [0.05, 0.1) is 22.8 Å². The minimum absolute atomic E-state index is 0.189. The van der Waals surface area contributed by atoms with Crippen LogP contribution in [0.4, 0.5) is 8.78 Å². The quantitative estimate of drug-likeness (QED) is 0.799. The number of carboxylic acids is 1. The van der Waals surface area contributed by atoms with Gasteiger partial charge in [0.25, 0.3) is 0 Å². The summed E-state index contributed by atoms with van der Waals surface area (Å²) < 4.78 is 29.5. The lowest BCUT2D eigenvalue weighted by Gasteiger charge is -2.04. The molecule has 0 aliphatic carbocycles. The molecule has 3 aromatic rings. The van der Waals surface area contributed by atoms with Gasteiger partial charge in [-0.1, -0.05) is 0 Å². The van der Waals surface area contributed by atoms with Gasteiger partial charge in [0, 0.05) is 25.4 Å². The lowest BCUT2D eigenvalue weighted by molar-refractivity contribution is -0.137. The lowest BCUT2D eigenvalue weighted by atomic mass is 10.3. The number of imidazole rings is 1. The van der Waals surface area contributed by atoms with E-state index in [9.17, 15) is 13.6 Å². The van der Waals surface area contributed by atoms with Gasteiger partial charge in [-0.05, 0) is 0 Å². The van der Waals surface area contributed by atoms with Crippen molar-refractivity contribution in [2.24, 2.45) is 7.05 Å². The van der Waals surface area contributed by atoms with E-state index in [1.807, 2.05) is 0 Å². The lowest BCUT2D eigenvalue weighted by Crippen LogP contribution is -2.10. The molecule has 0 fully saturated rings. The number of aromatic nitrogens is 4. The summed E-state index contributed by atoms with van der Waals surface area (Å²) in [5, 5.41) is 13.0. The van der Waals surface area contributed by atoms with E-state index < -0.39 is 24.1 Å². The van der Waals surface area contributed by atoms with E-state index in [0.29, 0.717) is 11.4 Å². The van der Waals surface area contributed by atoms with Crippen LogP contribution in [-0.2, 0) is 18.4 Å². The number of hydrogen-bond donors (Lipinski definition) is 1. The van der Waals surface area contributed by atoms with E-state index in [4.69, 9.17) is 5.11 Å². The third-order valence-electron chi connectivity index (χ3n) is 3.05. The van der Waals surface area contributed by atoms with Crippen LogP contribution in [-0.4, -0.2) is 30.4 Å². The second-order valence-corrected chi connectivity index (χ2v) is 4.57. The average Bonchev–Trinajstić information content (AvgIpc) is 2.95. The van der Waals surface area contributed by atoms with Crippen molar-refractivity contribution in [3.8, 4) is 11.4 Å². The summed E-state index contributed by atoms with van der Waals surface area (Å²) in [5.74, 6) is -2.89. The molecule has 0 saturated carbocycles. The molecule has 108 valence electrons. The van der Waals surface area contributed by atoms with Gasteiger partial charge >= 0.3 is 5.97 Å². The van der Waals surface area contributed by atoms with Gasteiger partial charge in [0.2, 0.25) is 0 Å². The molecule has 1 aromatic carbocycles. The fraction of sp³-hybridized carbons (Fsp3) is 0.154. The maximum absolute atomic E-state index is 13.4. The highest BCUT2D eigenvalue weighted by Crippen LogP contribution is 2.26. The molecule has 0 bridgehead atoms. The number of carboxylic acid groups (broad SMARTS) is 1. The molecular weight excluding hydrogens is 282 g/mol. The number of hydrogen-bond acceptors (Lipinski definition) is 3. The highest BCUT2D eigenvalue weighted by molar-refractivity contribution is 5.82. The van der Waals surface area contributed by atoms with Crippen LogP contribution >= 0.6 is 0 Å². The van der Waals surface area contributed by atoms with Gasteiger partial charge in [0.15, 0.2) is 11.6 Å². The number of fused-ring (bicyclic) bond motifs is 1. The highest BCUT2D eigenvalue weighted by atomic mass is 19.2. The molecule has 8 heteroatoms. The SMILES string of the molecule is Cn1cc(-c2nc3cc(F)c(F)cc3n2CC(=O)O)cn1. The summed E-state index contributed by atoms with van der Waals surface area (Å²) in [6, 6.07) is 1.89. The van der Waals surface area contributed by atoms with Gasteiger partial charge in [-0.15, -0.1) is 0 Å². The molecule has 0 amide bonds. The van der Waals surface area contributed by atoms with Crippen LogP contribution in [0.2, 0.25) is 0 Å². The molecule has 2 heterocycles. The predicted octanol–water partition coefficient (Wildman–Crippen LogP) is 1.80. The summed E-state index contributed by atoms with van der Waals surface area (Å²) in [6.45, 7) is -0.411. The van der Waals surface area contributed by atoms with E-state index in [1.54, 1.807) is 13.2 Å². The zero-order valence-corrected chi connectivity index (χ0v) is 10.9. The first kappa shape index (κ1) is 13.2. The first-order valence-corrected chi connectivity index (χ1v) is 6.02. The Morgan fingerprint density at radius 2 is 2.05 bits per heavy atom. The summed E-state index contributed by atoms with van der Waals surface area (Å²) in [5.41, 5.74) is 0.972. The standard InChI is InChI=1S/C13H10F2N4O2/c1-18-5-7(4-16-18)13-17-10-2-8(14)9(15)3-11(10)19(13)6-12(20)21/h2-5H,6H2,1H3,(H,20,21). The van der Waals surface area contributed by atoms with Gasteiger partial charge in [-0.3, -0.25) is 9.48 Å². The van der Waals surface area contributed by atoms with Crippen molar-refractivity contribution in [3.63, 3.8) is 0 Å². The number of nitrogens with zero attached hydrogens (tertiary/aromatic N) is 4. The molecule has 0 aliphatic rings. The summed E-state index contributed by atoms with van der Waals surface area (Å²) in [7, 11) is 1.70. The van der Waals surface area contributed by atoms with Crippen molar-refractivity contribution in [3.05, 3.63) is 36.2 Å². The zero-order valence-electron chi connectivity index (χ0n) is 10.9. The zero-order chi connectivity index (χ0) is 15.1. The Balaban J connectivity index is 2.29. The van der Waals surface area contributed by atoms with Gasteiger partial charge in [-0.2, -0.15) is 5.10 Å². The Kier molecular flexibility index (Phi) is 2.93. The fourth-order valence-corrected chi connectivity index (χ4v) is 2.17. The molecular formula is C13H10F2N4O2. The van der Waals surface area contributed by atoms with E-state index in [0.717, 1.165) is 12.1 Å². The van der Waals surface area contributed by atoms with Crippen LogP contribution in [0.3, 0.4) is 0 Å². The first-order chi connectivity index (χ1) is 9.95. The Hall–Kier alpha value is -2.77. The maximum atomic E-state index is 13.4. The largest absolute Gasteiger partial charge is 0.480 e. The Morgan fingerprint density at radius 3 is 2.67 bits per heavy atom. The highest BCUT2D eigenvalue weighted by Gasteiger charge is 2.18. The average molecular weight is 292 g/mol. The van der Waals surface area contributed by atoms with Gasteiger partial charge in [0.1, 0.15) is 12.4 Å². The topological polar surface area (TPSA) is 72.9 Å². The van der Waals surface area contributed by atoms with E-state index in [1.165, 1.54) is 15.4 Å². The van der Waals surface area contributed by atoms with Crippen LogP contribution < -0.4 is 0 Å². The minimum Gasteiger partial charge on any atom is -0.480 e. The third-order valence-corrected chi connectivity index (χ3v) is 3.05.